The zero-order valence-corrected chi connectivity index (χ0v) is 12.3. The minimum absolute atomic E-state index is 0.0237. The van der Waals surface area contributed by atoms with Gasteiger partial charge >= 0.3 is 6.09 Å². The number of piperidine rings is 2. The average molecular weight is 282 g/mol. The first-order valence-electron chi connectivity index (χ1n) is 7.00. The Morgan fingerprint density at radius 1 is 1.35 bits per heavy atom. The number of likely N-dealkylation sites (tertiary alicyclic amines) is 1. The third-order valence-electron chi connectivity index (χ3n) is 3.69. The number of hydrogen-bond acceptors (Lipinski definition) is 4. The third-order valence-corrected chi connectivity index (χ3v) is 3.69. The van der Waals surface area contributed by atoms with E-state index in [0.29, 0.717) is 19.4 Å². The molecule has 0 aliphatic carbocycles. The summed E-state index contributed by atoms with van der Waals surface area (Å²) in [6.45, 7) is 6.36. The number of nitrogens with zero attached hydrogens (tertiary/aromatic N) is 1. The normalized spacial score (nSPS) is 27.4. The minimum Gasteiger partial charge on any atom is -0.444 e. The van der Waals surface area contributed by atoms with Gasteiger partial charge in [0.1, 0.15) is 5.60 Å². The summed E-state index contributed by atoms with van der Waals surface area (Å²) in [6.07, 6.45) is 1.16. The molecule has 1 spiro atoms. The zero-order valence-electron chi connectivity index (χ0n) is 12.3. The van der Waals surface area contributed by atoms with Crippen LogP contribution in [-0.4, -0.2) is 47.9 Å². The highest BCUT2D eigenvalue weighted by atomic mass is 16.6. The topological polar surface area (TPSA) is 75.7 Å². The van der Waals surface area contributed by atoms with Gasteiger partial charge in [0.05, 0.1) is 12.0 Å². The van der Waals surface area contributed by atoms with Crippen molar-refractivity contribution in [2.24, 2.45) is 5.41 Å². The molecular formula is C14H22N2O4. The second-order valence-electron chi connectivity index (χ2n) is 6.68. The molecule has 2 aliphatic rings. The Labute approximate surface area is 118 Å². The number of Topliss-reactive ketones (excluding diaryl/α,β-unsaturated/α-hetero) is 1. The van der Waals surface area contributed by atoms with Crippen molar-refractivity contribution in [3.63, 3.8) is 0 Å². The van der Waals surface area contributed by atoms with Crippen molar-refractivity contribution in [1.29, 1.82) is 0 Å². The van der Waals surface area contributed by atoms with Gasteiger partial charge < -0.3 is 15.0 Å². The van der Waals surface area contributed by atoms with Crippen LogP contribution in [0.25, 0.3) is 0 Å². The van der Waals surface area contributed by atoms with Gasteiger partial charge in [0.2, 0.25) is 5.91 Å². The summed E-state index contributed by atoms with van der Waals surface area (Å²) in [5, 5.41) is 2.63. The Morgan fingerprint density at radius 2 is 2.05 bits per heavy atom. The molecule has 6 heteroatoms. The quantitative estimate of drug-likeness (QED) is 0.721. The fraction of sp³-hybridized carbons (Fsp3) is 0.786. The monoisotopic (exact) mass is 282 g/mol. The lowest BCUT2D eigenvalue weighted by molar-refractivity contribution is -0.143. The number of amides is 2. The molecule has 0 radical (unpaired) electrons. The van der Waals surface area contributed by atoms with Crippen LogP contribution in [0.2, 0.25) is 0 Å². The molecule has 2 rings (SSSR count). The van der Waals surface area contributed by atoms with Crippen molar-refractivity contribution in [3.05, 3.63) is 0 Å². The Bertz CT molecular complexity index is 441. The Morgan fingerprint density at radius 3 is 2.70 bits per heavy atom. The molecule has 0 aromatic carbocycles. The summed E-state index contributed by atoms with van der Waals surface area (Å²) < 4.78 is 5.34. The number of ketones is 1. The van der Waals surface area contributed by atoms with Gasteiger partial charge in [-0.15, -0.1) is 0 Å². The van der Waals surface area contributed by atoms with Crippen LogP contribution in [0.4, 0.5) is 4.79 Å². The summed E-state index contributed by atoms with van der Waals surface area (Å²) in [5.41, 5.74) is -1.32. The Hall–Kier alpha value is -1.59. The second-order valence-corrected chi connectivity index (χ2v) is 6.68. The van der Waals surface area contributed by atoms with E-state index in [1.54, 1.807) is 4.90 Å². The lowest BCUT2D eigenvalue weighted by Crippen LogP contribution is -2.58. The molecule has 0 aromatic heterocycles. The van der Waals surface area contributed by atoms with Gasteiger partial charge in [-0.05, 0) is 33.6 Å². The van der Waals surface area contributed by atoms with Gasteiger partial charge in [-0.2, -0.15) is 0 Å². The lowest BCUT2D eigenvalue weighted by atomic mass is 9.73. The van der Waals surface area contributed by atoms with Crippen LogP contribution in [0, 0.1) is 5.41 Å². The fourth-order valence-corrected chi connectivity index (χ4v) is 2.83. The van der Waals surface area contributed by atoms with E-state index in [-0.39, 0.29) is 31.2 Å². The van der Waals surface area contributed by atoms with Gasteiger partial charge in [0, 0.05) is 19.5 Å². The van der Waals surface area contributed by atoms with E-state index in [4.69, 9.17) is 4.74 Å². The van der Waals surface area contributed by atoms with Crippen LogP contribution in [0.15, 0.2) is 0 Å². The van der Waals surface area contributed by atoms with Gasteiger partial charge in [0.15, 0.2) is 5.78 Å². The van der Waals surface area contributed by atoms with Crippen molar-refractivity contribution in [3.8, 4) is 0 Å². The largest absolute Gasteiger partial charge is 0.444 e. The van der Waals surface area contributed by atoms with Gasteiger partial charge in [-0.25, -0.2) is 4.79 Å². The van der Waals surface area contributed by atoms with Crippen LogP contribution >= 0.6 is 0 Å². The molecular weight excluding hydrogens is 260 g/mol. The van der Waals surface area contributed by atoms with Gasteiger partial charge in [-0.3, -0.25) is 9.59 Å². The molecule has 1 atom stereocenters. The summed E-state index contributed by atoms with van der Waals surface area (Å²) in [7, 11) is 0. The molecule has 2 aliphatic heterocycles. The molecule has 0 saturated carbocycles. The first-order chi connectivity index (χ1) is 9.22. The molecule has 112 valence electrons. The van der Waals surface area contributed by atoms with E-state index < -0.39 is 17.1 Å². The van der Waals surface area contributed by atoms with E-state index in [0.717, 1.165) is 0 Å². The molecule has 2 heterocycles. The number of rotatable bonds is 0. The summed E-state index contributed by atoms with van der Waals surface area (Å²) >= 11 is 0. The van der Waals surface area contributed by atoms with Crippen LogP contribution in [0.1, 0.15) is 40.0 Å². The van der Waals surface area contributed by atoms with Crippen LogP contribution in [0.5, 0.6) is 0 Å². The van der Waals surface area contributed by atoms with E-state index >= 15 is 0 Å². The predicted octanol–water partition coefficient (Wildman–Crippen LogP) is 1.09. The maximum absolute atomic E-state index is 12.1. The summed E-state index contributed by atoms with van der Waals surface area (Å²) in [6, 6.07) is 0. The Balaban J connectivity index is 2.09. The average Bonchev–Trinajstić information content (AvgIpc) is 2.32. The molecule has 0 bridgehead atoms. The number of carbonyl (C=O) groups is 3. The minimum atomic E-state index is -0.759. The van der Waals surface area contributed by atoms with E-state index in [1.807, 2.05) is 20.8 Å². The van der Waals surface area contributed by atoms with Crippen molar-refractivity contribution in [2.75, 3.05) is 19.6 Å². The Kier molecular flexibility index (Phi) is 3.75. The maximum Gasteiger partial charge on any atom is 0.410 e. The first kappa shape index (κ1) is 14.8. The predicted molar refractivity (Wildman–Crippen MR) is 72.1 cm³/mol. The summed E-state index contributed by atoms with van der Waals surface area (Å²) in [4.78, 5) is 37.4. The van der Waals surface area contributed by atoms with Crippen molar-refractivity contribution >= 4 is 17.8 Å². The number of hydrogen-bond donors (Lipinski definition) is 1. The SMILES string of the molecule is CC(C)(C)OC(=O)N1CCCC2(CC(=O)CNC2=O)C1. The molecule has 0 aromatic rings. The molecule has 2 amide bonds. The zero-order chi connectivity index (χ0) is 15.0. The van der Waals surface area contributed by atoms with Crippen LogP contribution < -0.4 is 5.32 Å². The van der Waals surface area contributed by atoms with E-state index in [1.165, 1.54) is 0 Å². The highest BCUT2D eigenvalue weighted by molar-refractivity contribution is 5.97. The highest BCUT2D eigenvalue weighted by Crippen LogP contribution is 2.36. The van der Waals surface area contributed by atoms with Crippen LogP contribution in [-0.2, 0) is 14.3 Å². The standard InChI is InChI=1S/C14H22N2O4/c1-13(2,3)20-12(19)16-6-4-5-14(9-16)7-10(17)8-15-11(14)18/h4-9H2,1-3H3,(H,15,18). The lowest BCUT2D eigenvalue weighted by Gasteiger charge is -2.43. The van der Waals surface area contributed by atoms with Crippen molar-refractivity contribution in [2.45, 2.75) is 45.6 Å². The maximum atomic E-state index is 12.1. The first-order valence-corrected chi connectivity index (χ1v) is 7.00. The van der Waals surface area contributed by atoms with Crippen molar-refractivity contribution < 1.29 is 19.1 Å². The smallest absolute Gasteiger partial charge is 0.410 e. The van der Waals surface area contributed by atoms with Gasteiger partial charge in [-0.1, -0.05) is 0 Å². The number of nitrogens with one attached hydrogen (secondary N) is 1. The van der Waals surface area contributed by atoms with Crippen LogP contribution in [0.3, 0.4) is 0 Å². The molecule has 20 heavy (non-hydrogen) atoms. The number of ether oxygens (including phenoxy) is 1. The van der Waals surface area contributed by atoms with E-state index in [2.05, 4.69) is 5.32 Å². The third kappa shape index (κ3) is 3.11. The van der Waals surface area contributed by atoms with E-state index in [9.17, 15) is 14.4 Å². The fourth-order valence-electron chi connectivity index (χ4n) is 2.83. The summed E-state index contributed by atoms with van der Waals surface area (Å²) in [5.74, 6) is -0.0963. The van der Waals surface area contributed by atoms with Gasteiger partial charge in [0.25, 0.3) is 0 Å². The second kappa shape index (κ2) is 5.07. The highest BCUT2D eigenvalue weighted by Gasteiger charge is 2.47. The molecule has 1 N–H and O–H groups in total. The molecule has 1 unspecified atom stereocenters. The molecule has 6 nitrogen and oxygen atoms in total. The van der Waals surface area contributed by atoms with Crippen molar-refractivity contribution in [1.82, 2.24) is 10.2 Å². The number of carbonyl (C=O) groups excluding carboxylic acids is 3. The molecule has 2 saturated heterocycles. The molecule has 2 fully saturated rings.